The summed E-state index contributed by atoms with van der Waals surface area (Å²) >= 11 is 0. The van der Waals surface area contributed by atoms with Crippen LogP contribution in [0.3, 0.4) is 0 Å². The van der Waals surface area contributed by atoms with Gasteiger partial charge < -0.3 is 5.73 Å². The second-order valence-corrected chi connectivity index (χ2v) is 2.55. The summed E-state index contributed by atoms with van der Waals surface area (Å²) in [7, 11) is 0. The third kappa shape index (κ3) is 0.972. The molecular formula is C8H8N4. The summed E-state index contributed by atoms with van der Waals surface area (Å²) in [5.41, 5.74) is 6.51. The highest BCUT2D eigenvalue weighted by Gasteiger charge is 2.00. The van der Waals surface area contributed by atoms with Crippen molar-refractivity contribution in [3.63, 3.8) is 0 Å². The lowest BCUT2D eigenvalue weighted by Gasteiger charge is -1.99. The average molecular weight is 160 g/mol. The molecule has 0 radical (unpaired) electrons. The van der Waals surface area contributed by atoms with Gasteiger partial charge in [0.25, 0.3) is 0 Å². The third-order valence-electron chi connectivity index (χ3n) is 1.64. The first-order valence-corrected chi connectivity index (χ1v) is 3.61. The summed E-state index contributed by atoms with van der Waals surface area (Å²) in [6, 6.07) is 1.82. The van der Waals surface area contributed by atoms with Crippen LogP contribution in [-0.2, 0) is 0 Å². The largest absolute Gasteiger partial charge is 0.383 e. The maximum absolute atomic E-state index is 5.67. The molecule has 2 N–H and O–H groups in total. The van der Waals surface area contributed by atoms with Gasteiger partial charge in [0.05, 0.1) is 10.9 Å². The molecule has 2 aromatic heterocycles. The lowest BCUT2D eigenvalue weighted by atomic mass is 10.3. The third-order valence-corrected chi connectivity index (χ3v) is 1.64. The zero-order valence-electron chi connectivity index (χ0n) is 6.65. The molecule has 0 saturated heterocycles. The number of hydrogen-bond acceptors (Lipinski definition) is 4. The maximum Gasteiger partial charge on any atom is 0.136 e. The molecule has 4 nitrogen and oxygen atoms in total. The first-order chi connectivity index (χ1) is 5.77. The molecule has 12 heavy (non-hydrogen) atoms. The van der Waals surface area contributed by atoms with Gasteiger partial charge in [0.15, 0.2) is 0 Å². The molecule has 60 valence electrons. The van der Waals surface area contributed by atoms with E-state index in [2.05, 4.69) is 15.0 Å². The van der Waals surface area contributed by atoms with Crippen LogP contribution >= 0.6 is 0 Å². The first-order valence-electron chi connectivity index (χ1n) is 3.61. The predicted octanol–water partition coefficient (Wildman–Crippen LogP) is 0.915. The second-order valence-electron chi connectivity index (χ2n) is 2.55. The van der Waals surface area contributed by atoms with Crippen molar-refractivity contribution in [2.75, 3.05) is 5.73 Å². The number of aromatic nitrogens is 3. The smallest absolute Gasteiger partial charge is 0.136 e. The zero-order valence-corrected chi connectivity index (χ0v) is 6.65. The standard InChI is InChI=1S/C8H8N4/c1-5-11-7-2-3-10-4-6(7)8(9)12-5/h2-4H,1H3,(H2,9,11,12). The van der Waals surface area contributed by atoms with Crippen LogP contribution in [0.1, 0.15) is 5.82 Å². The van der Waals surface area contributed by atoms with Crippen molar-refractivity contribution in [1.29, 1.82) is 0 Å². The Balaban J connectivity index is 2.89. The van der Waals surface area contributed by atoms with E-state index in [0.29, 0.717) is 11.6 Å². The van der Waals surface area contributed by atoms with Gasteiger partial charge in [0, 0.05) is 12.4 Å². The van der Waals surface area contributed by atoms with Crippen LogP contribution in [0.5, 0.6) is 0 Å². The Hall–Kier alpha value is -1.71. The van der Waals surface area contributed by atoms with Crippen LogP contribution in [0.4, 0.5) is 5.82 Å². The van der Waals surface area contributed by atoms with Gasteiger partial charge in [-0.2, -0.15) is 0 Å². The topological polar surface area (TPSA) is 64.7 Å². The SMILES string of the molecule is Cc1nc(N)c2cnccc2n1. The van der Waals surface area contributed by atoms with E-state index >= 15 is 0 Å². The quantitative estimate of drug-likeness (QED) is 0.622. The van der Waals surface area contributed by atoms with Crippen LogP contribution < -0.4 is 5.73 Å². The van der Waals surface area contributed by atoms with Gasteiger partial charge in [-0.3, -0.25) is 4.98 Å². The molecule has 2 aromatic rings. The number of pyridine rings is 1. The molecule has 0 amide bonds. The predicted molar refractivity (Wildman–Crippen MR) is 46.5 cm³/mol. The summed E-state index contributed by atoms with van der Waals surface area (Å²) < 4.78 is 0. The lowest BCUT2D eigenvalue weighted by molar-refractivity contribution is 1.09. The number of rotatable bonds is 0. The van der Waals surface area contributed by atoms with Crippen LogP contribution in [0.15, 0.2) is 18.5 Å². The number of aryl methyl sites for hydroxylation is 1. The number of hydrogen-bond donors (Lipinski definition) is 1. The molecule has 0 unspecified atom stereocenters. The molecular weight excluding hydrogens is 152 g/mol. The second kappa shape index (κ2) is 2.41. The Labute approximate surface area is 69.5 Å². The van der Waals surface area contributed by atoms with Crippen molar-refractivity contribution in [1.82, 2.24) is 15.0 Å². The molecule has 4 heteroatoms. The molecule has 0 bridgehead atoms. The van der Waals surface area contributed by atoms with Crippen molar-refractivity contribution >= 4 is 16.7 Å². The van der Waals surface area contributed by atoms with E-state index in [-0.39, 0.29) is 0 Å². The summed E-state index contributed by atoms with van der Waals surface area (Å²) in [4.78, 5) is 12.2. The Bertz CT molecular complexity index is 424. The van der Waals surface area contributed by atoms with Gasteiger partial charge >= 0.3 is 0 Å². The number of nitrogens with zero attached hydrogens (tertiary/aromatic N) is 3. The maximum atomic E-state index is 5.67. The van der Waals surface area contributed by atoms with Gasteiger partial charge in [0.2, 0.25) is 0 Å². The fourth-order valence-corrected chi connectivity index (χ4v) is 1.12. The van der Waals surface area contributed by atoms with Gasteiger partial charge in [-0.1, -0.05) is 0 Å². The Morgan fingerprint density at radius 2 is 2.17 bits per heavy atom. The normalized spacial score (nSPS) is 10.4. The minimum absolute atomic E-state index is 0.491. The van der Waals surface area contributed by atoms with Gasteiger partial charge in [0.1, 0.15) is 11.6 Å². The van der Waals surface area contributed by atoms with Crippen molar-refractivity contribution in [3.8, 4) is 0 Å². The highest BCUT2D eigenvalue weighted by molar-refractivity contribution is 5.86. The Morgan fingerprint density at radius 1 is 1.33 bits per heavy atom. The molecule has 0 fully saturated rings. The Kier molecular flexibility index (Phi) is 1.40. The van der Waals surface area contributed by atoms with Crippen LogP contribution in [0.2, 0.25) is 0 Å². The summed E-state index contributed by atoms with van der Waals surface area (Å²) in [6.07, 6.45) is 3.36. The summed E-state index contributed by atoms with van der Waals surface area (Å²) in [5, 5.41) is 0.808. The molecule has 0 aliphatic carbocycles. The number of nitrogens with two attached hydrogens (primary N) is 1. The van der Waals surface area contributed by atoms with E-state index in [4.69, 9.17) is 5.73 Å². The summed E-state index contributed by atoms with van der Waals surface area (Å²) in [6.45, 7) is 1.82. The number of nitrogen functional groups attached to an aromatic ring is 1. The van der Waals surface area contributed by atoms with Crippen LogP contribution in [0, 0.1) is 6.92 Å². The van der Waals surface area contributed by atoms with Gasteiger partial charge in [-0.25, -0.2) is 9.97 Å². The molecule has 0 aliphatic heterocycles. The lowest BCUT2D eigenvalue weighted by Crippen LogP contribution is -1.97. The molecule has 0 atom stereocenters. The van der Waals surface area contributed by atoms with E-state index in [1.807, 2.05) is 13.0 Å². The molecule has 2 heterocycles. The van der Waals surface area contributed by atoms with Crippen molar-refractivity contribution in [2.24, 2.45) is 0 Å². The molecule has 0 aliphatic rings. The van der Waals surface area contributed by atoms with Gasteiger partial charge in [-0.05, 0) is 13.0 Å². The number of fused-ring (bicyclic) bond motifs is 1. The first kappa shape index (κ1) is 6.97. The van der Waals surface area contributed by atoms with E-state index < -0.39 is 0 Å². The minimum atomic E-state index is 0.491. The minimum Gasteiger partial charge on any atom is -0.383 e. The van der Waals surface area contributed by atoms with Crippen LogP contribution in [-0.4, -0.2) is 15.0 Å². The Morgan fingerprint density at radius 3 is 3.00 bits per heavy atom. The van der Waals surface area contributed by atoms with Gasteiger partial charge in [-0.15, -0.1) is 0 Å². The van der Waals surface area contributed by atoms with E-state index in [1.54, 1.807) is 12.4 Å². The van der Waals surface area contributed by atoms with Crippen LogP contribution in [0.25, 0.3) is 10.9 Å². The fourth-order valence-electron chi connectivity index (χ4n) is 1.12. The summed E-state index contributed by atoms with van der Waals surface area (Å²) in [5.74, 6) is 1.18. The van der Waals surface area contributed by atoms with E-state index in [1.165, 1.54) is 0 Å². The number of anilines is 1. The molecule has 0 spiro atoms. The molecule has 2 rings (SSSR count). The fraction of sp³-hybridized carbons (Fsp3) is 0.125. The van der Waals surface area contributed by atoms with Crippen molar-refractivity contribution in [3.05, 3.63) is 24.3 Å². The highest BCUT2D eigenvalue weighted by Crippen LogP contribution is 2.14. The highest BCUT2D eigenvalue weighted by atomic mass is 14.9. The molecule has 0 saturated carbocycles. The van der Waals surface area contributed by atoms with E-state index in [0.717, 1.165) is 10.9 Å². The zero-order chi connectivity index (χ0) is 8.55. The van der Waals surface area contributed by atoms with Crippen molar-refractivity contribution < 1.29 is 0 Å². The molecule has 0 aromatic carbocycles. The monoisotopic (exact) mass is 160 g/mol. The van der Waals surface area contributed by atoms with Crippen molar-refractivity contribution in [2.45, 2.75) is 6.92 Å². The average Bonchev–Trinajstić information content (AvgIpc) is 2.04. The van der Waals surface area contributed by atoms with E-state index in [9.17, 15) is 0 Å².